The highest BCUT2D eigenvalue weighted by molar-refractivity contribution is 6.39. The number of hydrogen-bond acceptors (Lipinski definition) is 3. The third kappa shape index (κ3) is 3.31. The fourth-order valence-corrected chi connectivity index (χ4v) is 2.84. The Morgan fingerprint density at radius 2 is 1.83 bits per heavy atom. The van der Waals surface area contributed by atoms with Crippen molar-refractivity contribution in [1.29, 1.82) is 0 Å². The van der Waals surface area contributed by atoms with Crippen LogP contribution in [0.2, 0.25) is 10.0 Å². The van der Waals surface area contributed by atoms with Crippen LogP contribution in [0.5, 0.6) is 5.75 Å². The van der Waals surface area contributed by atoms with Gasteiger partial charge in [-0.2, -0.15) is 0 Å². The largest absolute Gasteiger partial charge is 0.427 e. The molecule has 0 atom stereocenters. The molecule has 0 fully saturated rings. The van der Waals surface area contributed by atoms with E-state index in [9.17, 15) is 4.79 Å². The Hall–Kier alpha value is -2.10. The second-order valence-corrected chi connectivity index (χ2v) is 5.79. The third-order valence-electron chi connectivity index (χ3n) is 3.40. The average molecular weight is 346 g/mol. The summed E-state index contributed by atoms with van der Waals surface area (Å²) in [6.45, 7) is 1.75. The zero-order valence-electron chi connectivity index (χ0n) is 12.3. The number of halogens is 2. The first kappa shape index (κ1) is 15.8. The highest BCUT2D eigenvalue weighted by Gasteiger charge is 2.11. The molecule has 0 unspecified atom stereocenters. The Labute approximate surface area is 143 Å². The average Bonchev–Trinajstić information content (AvgIpc) is 2.54. The smallest absolute Gasteiger partial charge is 0.310 e. The summed E-state index contributed by atoms with van der Waals surface area (Å²) in [5.74, 6) is 0.242. The molecule has 0 saturated heterocycles. The second kappa shape index (κ2) is 6.57. The fraction of sp³-hybridized carbons (Fsp3) is 0.111. The molecular weight excluding hydrogens is 333 g/mol. The van der Waals surface area contributed by atoms with Crippen LogP contribution in [0, 0.1) is 0 Å². The van der Waals surface area contributed by atoms with Gasteiger partial charge in [-0.05, 0) is 36.4 Å². The van der Waals surface area contributed by atoms with Gasteiger partial charge in [0.25, 0.3) is 0 Å². The van der Waals surface area contributed by atoms with E-state index in [0.717, 1.165) is 10.9 Å². The molecule has 0 amide bonds. The van der Waals surface area contributed by atoms with Crippen LogP contribution in [0.15, 0.2) is 48.5 Å². The summed E-state index contributed by atoms with van der Waals surface area (Å²) in [6, 6.07) is 14.4. The van der Waals surface area contributed by atoms with Crippen LogP contribution in [-0.4, -0.2) is 11.0 Å². The first-order chi connectivity index (χ1) is 11.1. The van der Waals surface area contributed by atoms with E-state index < -0.39 is 0 Å². The van der Waals surface area contributed by atoms with Gasteiger partial charge in [-0.15, -0.1) is 0 Å². The molecule has 23 heavy (non-hydrogen) atoms. The van der Waals surface area contributed by atoms with E-state index in [2.05, 4.69) is 4.98 Å². The number of benzene rings is 2. The molecule has 0 radical (unpaired) electrons. The molecule has 5 heteroatoms. The molecule has 1 heterocycles. The summed E-state index contributed by atoms with van der Waals surface area (Å²) in [5.41, 5.74) is 2.18. The van der Waals surface area contributed by atoms with Crippen LogP contribution in [0.4, 0.5) is 0 Å². The van der Waals surface area contributed by atoms with Crippen molar-refractivity contribution < 1.29 is 9.53 Å². The maximum atomic E-state index is 11.4. The van der Waals surface area contributed by atoms with E-state index in [-0.39, 0.29) is 5.97 Å². The van der Waals surface area contributed by atoms with Crippen molar-refractivity contribution in [3.05, 3.63) is 58.6 Å². The lowest BCUT2D eigenvalue weighted by Gasteiger charge is -2.08. The van der Waals surface area contributed by atoms with E-state index in [1.54, 1.807) is 37.3 Å². The van der Waals surface area contributed by atoms with E-state index in [4.69, 9.17) is 27.9 Å². The summed E-state index contributed by atoms with van der Waals surface area (Å²) in [7, 11) is 0. The maximum absolute atomic E-state index is 11.4. The number of esters is 1. The lowest BCUT2D eigenvalue weighted by Crippen LogP contribution is -2.05. The molecule has 1 aromatic heterocycles. The molecule has 3 aromatic rings. The predicted molar refractivity (Wildman–Crippen MR) is 93.1 cm³/mol. The standard InChI is InChI=1S/C18H13Cl2NO2/c1-2-17(22)23-12-7-9-15-11(10-12)6-8-16(21-15)18-13(19)4-3-5-14(18)20/h3-10H,2H2,1H3. The monoisotopic (exact) mass is 345 g/mol. The van der Waals surface area contributed by atoms with Crippen molar-refractivity contribution >= 4 is 40.1 Å². The highest BCUT2D eigenvalue weighted by Crippen LogP contribution is 2.34. The normalized spacial score (nSPS) is 10.7. The second-order valence-electron chi connectivity index (χ2n) is 4.98. The molecule has 0 spiro atoms. The minimum atomic E-state index is -0.267. The number of carbonyl (C=O) groups is 1. The molecule has 0 aliphatic heterocycles. The molecule has 0 bridgehead atoms. The van der Waals surface area contributed by atoms with Gasteiger partial charge in [0.2, 0.25) is 0 Å². The van der Waals surface area contributed by atoms with Crippen molar-refractivity contribution in [2.45, 2.75) is 13.3 Å². The Morgan fingerprint density at radius 1 is 1.09 bits per heavy atom. The van der Waals surface area contributed by atoms with Gasteiger partial charge in [0.05, 0.1) is 21.3 Å². The van der Waals surface area contributed by atoms with Gasteiger partial charge in [0.15, 0.2) is 0 Å². The quantitative estimate of drug-likeness (QED) is 0.463. The SMILES string of the molecule is CCC(=O)Oc1ccc2nc(-c3c(Cl)cccc3Cl)ccc2c1. The highest BCUT2D eigenvalue weighted by atomic mass is 35.5. The number of nitrogens with zero attached hydrogens (tertiary/aromatic N) is 1. The summed E-state index contributed by atoms with van der Waals surface area (Å²) < 4.78 is 5.22. The summed E-state index contributed by atoms with van der Waals surface area (Å²) in [5, 5.41) is 1.98. The molecule has 0 aliphatic carbocycles. The van der Waals surface area contributed by atoms with Crippen molar-refractivity contribution in [2.75, 3.05) is 0 Å². The number of aromatic nitrogens is 1. The third-order valence-corrected chi connectivity index (χ3v) is 4.03. The van der Waals surface area contributed by atoms with Crippen LogP contribution < -0.4 is 4.74 Å². The number of pyridine rings is 1. The first-order valence-electron chi connectivity index (χ1n) is 7.14. The Morgan fingerprint density at radius 3 is 2.52 bits per heavy atom. The minimum Gasteiger partial charge on any atom is -0.427 e. The van der Waals surface area contributed by atoms with Crippen molar-refractivity contribution in [3.63, 3.8) is 0 Å². The molecule has 0 aliphatic rings. The van der Waals surface area contributed by atoms with E-state index in [1.165, 1.54) is 0 Å². The summed E-state index contributed by atoms with van der Waals surface area (Å²) in [6.07, 6.45) is 0.334. The number of rotatable bonds is 3. The van der Waals surface area contributed by atoms with Gasteiger partial charge in [0, 0.05) is 17.4 Å². The Kier molecular flexibility index (Phi) is 4.51. The van der Waals surface area contributed by atoms with Crippen molar-refractivity contribution in [1.82, 2.24) is 4.98 Å². The van der Waals surface area contributed by atoms with Crippen LogP contribution in [0.3, 0.4) is 0 Å². The van der Waals surface area contributed by atoms with E-state index in [1.807, 2.05) is 18.2 Å². The summed E-state index contributed by atoms with van der Waals surface area (Å²) in [4.78, 5) is 16.0. The number of fused-ring (bicyclic) bond motifs is 1. The number of hydrogen-bond donors (Lipinski definition) is 0. The molecule has 3 rings (SSSR count). The van der Waals surface area contributed by atoms with Crippen LogP contribution in [-0.2, 0) is 4.79 Å². The Bertz CT molecular complexity index is 873. The Balaban J connectivity index is 2.03. The minimum absolute atomic E-state index is 0.267. The van der Waals surface area contributed by atoms with Crippen LogP contribution >= 0.6 is 23.2 Å². The predicted octanol–water partition coefficient (Wildman–Crippen LogP) is 5.52. The van der Waals surface area contributed by atoms with Crippen molar-refractivity contribution in [3.8, 4) is 17.0 Å². The number of carbonyl (C=O) groups excluding carboxylic acids is 1. The topological polar surface area (TPSA) is 39.2 Å². The van der Waals surface area contributed by atoms with Gasteiger partial charge < -0.3 is 4.74 Å². The molecule has 116 valence electrons. The molecule has 3 nitrogen and oxygen atoms in total. The fourth-order valence-electron chi connectivity index (χ4n) is 2.25. The molecule has 0 saturated carbocycles. The summed E-state index contributed by atoms with van der Waals surface area (Å²) >= 11 is 12.5. The van der Waals surface area contributed by atoms with Gasteiger partial charge >= 0.3 is 5.97 Å². The lowest BCUT2D eigenvalue weighted by atomic mass is 10.1. The molecule has 0 N–H and O–H groups in total. The first-order valence-corrected chi connectivity index (χ1v) is 7.90. The molecule has 2 aromatic carbocycles. The van der Waals surface area contributed by atoms with E-state index >= 15 is 0 Å². The van der Waals surface area contributed by atoms with E-state index in [0.29, 0.717) is 33.5 Å². The van der Waals surface area contributed by atoms with Crippen LogP contribution in [0.25, 0.3) is 22.2 Å². The zero-order valence-corrected chi connectivity index (χ0v) is 13.9. The van der Waals surface area contributed by atoms with Gasteiger partial charge in [-0.3, -0.25) is 4.79 Å². The lowest BCUT2D eigenvalue weighted by molar-refractivity contribution is -0.134. The maximum Gasteiger partial charge on any atom is 0.310 e. The van der Waals surface area contributed by atoms with Gasteiger partial charge in [0.1, 0.15) is 5.75 Å². The molecular formula is C18H13Cl2NO2. The zero-order chi connectivity index (χ0) is 16.4. The van der Waals surface area contributed by atoms with Crippen molar-refractivity contribution in [2.24, 2.45) is 0 Å². The van der Waals surface area contributed by atoms with Gasteiger partial charge in [-0.25, -0.2) is 4.98 Å². The van der Waals surface area contributed by atoms with Crippen LogP contribution in [0.1, 0.15) is 13.3 Å². The van der Waals surface area contributed by atoms with Gasteiger partial charge in [-0.1, -0.05) is 42.3 Å². The number of ether oxygens (including phenoxy) is 1.